The van der Waals surface area contributed by atoms with Gasteiger partial charge in [0.05, 0.1) is 5.56 Å². The highest BCUT2D eigenvalue weighted by molar-refractivity contribution is 5.98. The molecule has 1 saturated carbocycles. The molecule has 1 aliphatic carbocycles. The van der Waals surface area contributed by atoms with E-state index in [2.05, 4.69) is 15.6 Å². The molecule has 0 atom stereocenters. The van der Waals surface area contributed by atoms with E-state index in [0.717, 1.165) is 6.54 Å². The number of aromatic nitrogens is 1. The topological polar surface area (TPSA) is 100 Å². The first-order chi connectivity index (χ1) is 10.2. The Morgan fingerprint density at radius 2 is 1.86 bits per heavy atom. The second-order valence-electron chi connectivity index (χ2n) is 5.56. The first kappa shape index (κ1) is 18.5. The third-order valence-electron chi connectivity index (χ3n) is 3.91. The molecule has 124 valence electrons. The molecule has 1 aliphatic rings. The van der Waals surface area contributed by atoms with Gasteiger partial charge in [0.1, 0.15) is 5.69 Å². The number of aromatic amines is 1. The molecule has 0 radical (unpaired) electrons. The summed E-state index contributed by atoms with van der Waals surface area (Å²) in [5.74, 6) is -0.759. The smallest absolute Gasteiger partial charge is 0.267 e. The number of nitrogens with two attached hydrogens (primary N) is 1. The van der Waals surface area contributed by atoms with Crippen LogP contribution in [-0.2, 0) is 0 Å². The zero-order chi connectivity index (χ0) is 15.1. The first-order valence-corrected chi connectivity index (χ1v) is 7.66. The van der Waals surface area contributed by atoms with Gasteiger partial charge < -0.3 is 21.4 Å². The van der Waals surface area contributed by atoms with E-state index in [9.17, 15) is 9.59 Å². The third-order valence-corrected chi connectivity index (χ3v) is 3.91. The molecule has 0 spiro atoms. The monoisotopic (exact) mass is 328 g/mol. The average Bonchev–Trinajstić information content (AvgIpc) is 2.82. The van der Waals surface area contributed by atoms with Crippen molar-refractivity contribution in [1.82, 2.24) is 15.6 Å². The van der Waals surface area contributed by atoms with Gasteiger partial charge in [-0.05, 0) is 18.9 Å². The summed E-state index contributed by atoms with van der Waals surface area (Å²) in [5.41, 5.74) is 5.82. The lowest BCUT2D eigenvalue weighted by molar-refractivity contribution is 0.0949. The maximum Gasteiger partial charge on any atom is 0.267 e. The van der Waals surface area contributed by atoms with Gasteiger partial charge in [0.15, 0.2) is 0 Å². The van der Waals surface area contributed by atoms with Gasteiger partial charge in [0, 0.05) is 25.3 Å². The van der Waals surface area contributed by atoms with E-state index in [1.807, 2.05) is 0 Å². The van der Waals surface area contributed by atoms with Crippen LogP contribution in [-0.4, -0.2) is 35.9 Å². The van der Waals surface area contributed by atoms with E-state index in [-0.39, 0.29) is 18.3 Å². The van der Waals surface area contributed by atoms with Gasteiger partial charge in [-0.25, -0.2) is 0 Å². The Hall–Kier alpha value is -1.53. The molecule has 0 aromatic carbocycles. The summed E-state index contributed by atoms with van der Waals surface area (Å²) in [6.07, 6.45) is 9.17. The van der Waals surface area contributed by atoms with Gasteiger partial charge in [0.25, 0.3) is 5.91 Å². The van der Waals surface area contributed by atoms with Crippen LogP contribution in [0.25, 0.3) is 0 Å². The fraction of sp³-hybridized carbons (Fsp3) is 0.600. The van der Waals surface area contributed by atoms with Crippen LogP contribution in [0.4, 0.5) is 0 Å². The van der Waals surface area contributed by atoms with Crippen LogP contribution in [0.2, 0.25) is 0 Å². The van der Waals surface area contributed by atoms with Gasteiger partial charge in [0.2, 0.25) is 5.91 Å². The number of hydrogen-bond donors (Lipinski definition) is 4. The predicted octanol–water partition coefficient (Wildman–Crippen LogP) is 1.58. The summed E-state index contributed by atoms with van der Waals surface area (Å²) in [5, 5.41) is 6.31. The maximum absolute atomic E-state index is 11.9. The summed E-state index contributed by atoms with van der Waals surface area (Å²) in [7, 11) is 0. The second-order valence-corrected chi connectivity index (χ2v) is 5.56. The highest BCUT2D eigenvalue weighted by Gasteiger charge is 2.12. The molecule has 0 saturated heterocycles. The van der Waals surface area contributed by atoms with Crippen LogP contribution in [0, 0.1) is 0 Å². The van der Waals surface area contributed by atoms with Crippen LogP contribution in [0.5, 0.6) is 0 Å². The van der Waals surface area contributed by atoms with Crippen LogP contribution in [0.1, 0.15) is 59.4 Å². The Kier molecular flexibility index (Phi) is 7.98. The van der Waals surface area contributed by atoms with E-state index in [0.29, 0.717) is 23.8 Å². The minimum Gasteiger partial charge on any atom is -0.366 e. The standard InChI is InChI=1S/C15H24N4O2.ClH/c16-14(20)11-9-13(19-10-11)15(21)18-8-7-17-12-5-3-1-2-4-6-12;/h9-10,12,17,19H,1-8H2,(H2,16,20)(H,18,21);1H. The minimum absolute atomic E-state index is 0. The lowest BCUT2D eigenvalue weighted by Gasteiger charge is -2.16. The van der Waals surface area contributed by atoms with Crippen LogP contribution in [0.3, 0.4) is 0 Å². The normalized spacial score (nSPS) is 15.6. The molecule has 0 bridgehead atoms. The van der Waals surface area contributed by atoms with Gasteiger partial charge >= 0.3 is 0 Å². The van der Waals surface area contributed by atoms with Crippen molar-refractivity contribution in [2.75, 3.05) is 13.1 Å². The van der Waals surface area contributed by atoms with E-state index in [4.69, 9.17) is 5.73 Å². The number of amides is 2. The zero-order valence-electron chi connectivity index (χ0n) is 12.7. The second kappa shape index (κ2) is 9.48. The lowest BCUT2D eigenvalue weighted by atomic mass is 10.1. The van der Waals surface area contributed by atoms with Crippen LogP contribution in [0.15, 0.2) is 12.3 Å². The summed E-state index contributed by atoms with van der Waals surface area (Å²) < 4.78 is 0. The van der Waals surface area contributed by atoms with Crippen molar-refractivity contribution in [2.45, 2.75) is 44.6 Å². The number of carbonyl (C=O) groups is 2. The molecule has 0 unspecified atom stereocenters. The van der Waals surface area contributed by atoms with Gasteiger partial charge in [-0.3, -0.25) is 9.59 Å². The van der Waals surface area contributed by atoms with Crippen molar-refractivity contribution in [3.63, 3.8) is 0 Å². The van der Waals surface area contributed by atoms with Crippen LogP contribution < -0.4 is 16.4 Å². The summed E-state index contributed by atoms with van der Waals surface area (Å²) >= 11 is 0. The Bertz CT molecular complexity index is 482. The number of primary amides is 1. The highest BCUT2D eigenvalue weighted by Crippen LogP contribution is 2.16. The molecular formula is C15H25ClN4O2. The Morgan fingerprint density at radius 1 is 1.18 bits per heavy atom. The number of nitrogens with one attached hydrogen (secondary N) is 3. The van der Waals surface area contributed by atoms with Crippen molar-refractivity contribution in [2.24, 2.45) is 5.73 Å². The largest absolute Gasteiger partial charge is 0.366 e. The zero-order valence-corrected chi connectivity index (χ0v) is 13.5. The molecule has 6 nitrogen and oxygen atoms in total. The minimum atomic E-state index is -0.541. The predicted molar refractivity (Wildman–Crippen MR) is 88.4 cm³/mol. The summed E-state index contributed by atoms with van der Waals surface area (Å²) in [4.78, 5) is 25.6. The number of halogens is 1. The Labute approximate surface area is 137 Å². The molecule has 2 rings (SSSR count). The first-order valence-electron chi connectivity index (χ1n) is 7.66. The molecule has 2 amide bonds. The van der Waals surface area contributed by atoms with Gasteiger partial charge in [-0.1, -0.05) is 25.7 Å². The van der Waals surface area contributed by atoms with Gasteiger partial charge in [-0.2, -0.15) is 0 Å². The van der Waals surface area contributed by atoms with E-state index < -0.39 is 5.91 Å². The number of rotatable bonds is 6. The SMILES string of the molecule is Cl.NC(=O)c1c[nH]c(C(=O)NCCNC2CCCCCC2)c1. The highest BCUT2D eigenvalue weighted by atomic mass is 35.5. The van der Waals surface area contributed by atoms with E-state index >= 15 is 0 Å². The summed E-state index contributed by atoms with van der Waals surface area (Å²) in [6.45, 7) is 1.33. The number of carbonyl (C=O) groups excluding carboxylic acids is 2. The molecule has 0 aliphatic heterocycles. The molecule has 1 aromatic rings. The van der Waals surface area contributed by atoms with Crippen molar-refractivity contribution in [1.29, 1.82) is 0 Å². The molecule has 22 heavy (non-hydrogen) atoms. The summed E-state index contributed by atoms with van der Waals surface area (Å²) in [6, 6.07) is 2.05. The van der Waals surface area contributed by atoms with Crippen molar-refractivity contribution in [3.05, 3.63) is 23.5 Å². The van der Waals surface area contributed by atoms with Crippen molar-refractivity contribution >= 4 is 24.2 Å². The Balaban J connectivity index is 0.00000242. The molecule has 1 heterocycles. The quantitative estimate of drug-likeness (QED) is 0.471. The Morgan fingerprint density at radius 3 is 2.45 bits per heavy atom. The molecule has 5 N–H and O–H groups in total. The van der Waals surface area contributed by atoms with Crippen LogP contribution >= 0.6 is 12.4 Å². The average molecular weight is 329 g/mol. The third kappa shape index (κ3) is 5.69. The molecule has 1 fully saturated rings. The van der Waals surface area contributed by atoms with Gasteiger partial charge in [-0.15, -0.1) is 12.4 Å². The fourth-order valence-corrected chi connectivity index (χ4v) is 2.70. The fourth-order valence-electron chi connectivity index (χ4n) is 2.70. The maximum atomic E-state index is 11.9. The van der Waals surface area contributed by atoms with E-state index in [1.54, 1.807) is 0 Å². The lowest BCUT2D eigenvalue weighted by Crippen LogP contribution is -2.37. The number of H-pyrrole nitrogens is 1. The molecular weight excluding hydrogens is 304 g/mol. The molecule has 7 heteroatoms. The number of hydrogen-bond acceptors (Lipinski definition) is 3. The van der Waals surface area contributed by atoms with E-state index in [1.165, 1.54) is 50.8 Å². The van der Waals surface area contributed by atoms with Crippen molar-refractivity contribution in [3.8, 4) is 0 Å². The molecule has 1 aromatic heterocycles. The van der Waals surface area contributed by atoms with Crippen molar-refractivity contribution < 1.29 is 9.59 Å².